The summed E-state index contributed by atoms with van der Waals surface area (Å²) in [6.45, 7) is 5.46. The summed E-state index contributed by atoms with van der Waals surface area (Å²) < 4.78 is 5.17. The molecule has 2 aromatic rings. The molecule has 0 aliphatic heterocycles. The summed E-state index contributed by atoms with van der Waals surface area (Å²) in [4.78, 5) is 23.5. The molecule has 0 fully saturated rings. The molecule has 0 saturated carbocycles. The predicted octanol–water partition coefficient (Wildman–Crippen LogP) is 3.06. The molecule has 0 aliphatic carbocycles. The minimum atomic E-state index is -1.10. The van der Waals surface area contributed by atoms with Gasteiger partial charge in [0.2, 0.25) is 0 Å². The molecular weight excluding hydrogens is 272 g/mol. The fourth-order valence-electron chi connectivity index (χ4n) is 2.02. The van der Waals surface area contributed by atoms with E-state index < -0.39 is 11.9 Å². The van der Waals surface area contributed by atoms with Crippen molar-refractivity contribution in [1.82, 2.24) is 5.16 Å². The van der Waals surface area contributed by atoms with E-state index in [9.17, 15) is 9.59 Å². The van der Waals surface area contributed by atoms with Gasteiger partial charge >= 0.3 is 5.97 Å². The van der Waals surface area contributed by atoms with E-state index in [-0.39, 0.29) is 17.2 Å². The summed E-state index contributed by atoms with van der Waals surface area (Å²) in [7, 11) is 0. The van der Waals surface area contributed by atoms with Crippen LogP contribution in [0, 0.1) is 6.92 Å². The number of amides is 1. The molecule has 1 amide bonds. The fourth-order valence-corrected chi connectivity index (χ4v) is 2.02. The molecule has 0 aliphatic rings. The van der Waals surface area contributed by atoms with Crippen LogP contribution in [-0.4, -0.2) is 22.1 Å². The van der Waals surface area contributed by atoms with Crippen molar-refractivity contribution in [3.05, 3.63) is 46.8 Å². The second-order valence-corrected chi connectivity index (χ2v) is 4.97. The van der Waals surface area contributed by atoms with Gasteiger partial charge in [0.1, 0.15) is 5.56 Å². The summed E-state index contributed by atoms with van der Waals surface area (Å²) in [6, 6.07) is 6.23. The number of nitrogens with zero attached hydrogens (tertiary/aromatic N) is 1. The second-order valence-electron chi connectivity index (χ2n) is 4.97. The predicted molar refractivity (Wildman–Crippen MR) is 76.7 cm³/mol. The standard InChI is InChI=1S/C15H16N2O4/c1-8(2)13-12(9(3)17-21-13)14(18)16-11-7-5-4-6-10(11)15(19)20/h4-8H,1-3H3,(H,16,18)(H,19,20). The molecule has 1 aromatic heterocycles. The van der Waals surface area contributed by atoms with E-state index in [1.807, 2.05) is 13.8 Å². The van der Waals surface area contributed by atoms with Gasteiger partial charge in [0.15, 0.2) is 5.76 Å². The number of anilines is 1. The van der Waals surface area contributed by atoms with Crippen molar-refractivity contribution in [3.8, 4) is 0 Å². The van der Waals surface area contributed by atoms with Crippen molar-refractivity contribution >= 4 is 17.6 Å². The molecule has 0 atom stereocenters. The Bertz CT molecular complexity index is 689. The van der Waals surface area contributed by atoms with Gasteiger partial charge < -0.3 is 14.9 Å². The van der Waals surface area contributed by atoms with Crippen LogP contribution in [-0.2, 0) is 0 Å². The van der Waals surface area contributed by atoms with Crippen molar-refractivity contribution in [2.75, 3.05) is 5.32 Å². The van der Waals surface area contributed by atoms with Crippen LogP contribution in [0.25, 0.3) is 0 Å². The van der Waals surface area contributed by atoms with Crippen molar-refractivity contribution < 1.29 is 19.2 Å². The third kappa shape index (κ3) is 2.94. The molecule has 0 saturated heterocycles. The van der Waals surface area contributed by atoms with Crippen LogP contribution in [0.3, 0.4) is 0 Å². The number of aromatic nitrogens is 1. The lowest BCUT2D eigenvalue weighted by atomic mass is 10.0. The third-order valence-corrected chi connectivity index (χ3v) is 3.05. The van der Waals surface area contributed by atoms with Crippen molar-refractivity contribution in [2.45, 2.75) is 26.7 Å². The summed E-state index contributed by atoms with van der Waals surface area (Å²) in [5.74, 6) is -1.04. The second kappa shape index (κ2) is 5.78. The van der Waals surface area contributed by atoms with E-state index in [1.165, 1.54) is 6.07 Å². The highest BCUT2D eigenvalue weighted by Gasteiger charge is 2.23. The molecule has 6 heteroatoms. The van der Waals surface area contributed by atoms with Crippen molar-refractivity contribution in [1.29, 1.82) is 0 Å². The van der Waals surface area contributed by atoms with Crippen LogP contribution in [0.1, 0.15) is 51.9 Å². The SMILES string of the molecule is Cc1noc(C(C)C)c1C(=O)Nc1ccccc1C(=O)O. The Balaban J connectivity index is 2.35. The third-order valence-electron chi connectivity index (χ3n) is 3.05. The van der Waals surface area contributed by atoms with E-state index in [2.05, 4.69) is 10.5 Å². The number of rotatable bonds is 4. The first-order valence-corrected chi connectivity index (χ1v) is 6.51. The van der Waals surface area contributed by atoms with Crippen LogP contribution in [0.15, 0.2) is 28.8 Å². The molecule has 110 valence electrons. The minimum Gasteiger partial charge on any atom is -0.478 e. The maximum absolute atomic E-state index is 12.4. The molecule has 0 spiro atoms. The Morgan fingerprint density at radius 1 is 1.29 bits per heavy atom. The van der Waals surface area contributed by atoms with E-state index in [4.69, 9.17) is 9.63 Å². The number of hydrogen-bond acceptors (Lipinski definition) is 4. The largest absolute Gasteiger partial charge is 0.478 e. The van der Waals surface area contributed by atoms with Gasteiger partial charge in [0.05, 0.1) is 16.9 Å². The first kappa shape index (κ1) is 14.8. The molecule has 0 unspecified atom stereocenters. The van der Waals surface area contributed by atoms with Gasteiger partial charge in [-0.1, -0.05) is 31.1 Å². The van der Waals surface area contributed by atoms with Crippen molar-refractivity contribution in [2.24, 2.45) is 0 Å². The number of carboxylic acid groups (broad SMARTS) is 1. The van der Waals surface area contributed by atoms with Gasteiger partial charge in [-0.3, -0.25) is 4.79 Å². The summed E-state index contributed by atoms with van der Waals surface area (Å²) >= 11 is 0. The monoisotopic (exact) mass is 288 g/mol. The summed E-state index contributed by atoms with van der Waals surface area (Å²) in [6.07, 6.45) is 0. The number of aromatic carboxylic acids is 1. The maximum Gasteiger partial charge on any atom is 0.337 e. The zero-order valence-electron chi connectivity index (χ0n) is 12.0. The first-order valence-electron chi connectivity index (χ1n) is 6.51. The zero-order chi connectivity index (χ0) is 15.6. The van der Waals surface area contributed by atoms with Gasteiger partial charge in [0.25, 0.3) is 5.91 Å². The van der Waals surface area contributed by atoms with Crippen LogP contribution < -0.4 is 5.32 Å². The Labute approximate surface area is 121 Å². The minimum absolute atomic E-state index is 0.00154. The molecule has 2 rings (SSSR count). The lowest BCUT2D eigenvalue weighted by Gasteiger charge is -2.09. The first-order chi connectivity index (χ1) is 9.91. The fraction of sp³-hybridized carbons (Fsp3) is 0.267. The molecular formula is C15H16N2O4. The molecule has 6 nitrogen and oxygen atoms in total. The topological polar surface area (TPSA) is 92.4 Å². The van der Waals surface area contributed by atoms with E-state index >= 15 is 0 Å². The zero-order valence-corrected chi connectivity index (χ0v) is 12.0. The smallest absolute Gasteiger partial charge is 0.337 e. The van der Waals surface area contributed by atoms with E-state index in [0.29, 0.717) is 17.0 Å². The van der Waals surface area contributed by atoms with Gasteiger partial charge in [-0.15, -0.1) is 0 Å². The number of aryl methyl sites for hydroxylation is 1. The Hall–Kier alpha value is -2.63. The average Bonchev–Trinajstić information content (AvgIpc) is 2.81. The Morgan fingerprint density at radius 3 is 2.57 bits per heavy atom. The number of carbonyl (C=O) groups is 2. The van der Waals surface area contributed by atoms with Crippen LogP contribution >= 0.6 is 0 Å². The Kier molecular flexibility index (Phi) is 4.07. The van der Waals surface area contributed by atoms with Gasteiger partial charge in [-0.25, -0.2) is 4.79 Å². The molecule has 2 N–H and O–H groups in total. The number of carbonyl (C=O) groups excluding carboxylic acids is 1. The number of carboxylic acids is 1. The van der Waals surface area contributed by atoms with Crippen LogP contribution in [0.4, 0.5) is 5.69 Å². The van der Waals surface area contributed by atoms with E-state index in [1.54, 1.807) is 25.1 Å². The average molecular weight is 288 g/mol. The molecule has 1 heterocycles. The summed E-state index contributed by atoms with van der Waals surface area (Å²) in [5, 5.41) is 15.5. The van der Waals surface area contributed by atoms with E-state index in [0.717, 1.165) is 0 Å². The van der Waals surface area contributed by atoms with Gasteiger partial charge in [0, 0.05) is 5.92 Å². The number of nitrogens with one attached hydrogen (secondary N) is 1. The molecule has 0 radical (unpaired) electrons. The molecule has 1 aromatic carbocycles. The number of hydrogen-bond donors (Lipinski definition) is 2. The quantitative estimate of drug-likeness (QED) is 0.902. The Morgan fingerprint density at radius 2 is 1.95 bits per heavy atom. The molecule has 21 heavy (non-hydrogen) atoms. The van der Waals surface area contributed by atoms with Crippen LogP contribution in [0.5, 0.6) is 0 Å². The van der Waals surface area contributed by atoms with Gasteiger partial charge in [-0.05, 0) is 19.1 Å². The number of para-hydroxylation sites is 1. The van der Waals surface area contributed by atoms with Crippen LogP contribution in [0.2, 0.25) is 0 Å². The normalized spacial score (nSPS) is 10.7. The highest BCUT2D eigenvalue weighted by molar-refractivity contribution is 6.08. The van der Waals surface area contributed by atoms with Gasteiger partial charge in [-0.2, -0.15) is 0 Å². The highest BCUT2D eigenvalue weighted by atomic mass is 16.5. The highest BCUT2D eigenvalue weighted by Crippen LogP contribution is 2.24. The molecule has 0 bridgehead atoms. The lowest BCUT2D eigenvalue weighted by Crippen LogP contribution is -2.17. The lowest BCUT2D eigenvalue weighted by molar-refractivity contribution is 0.0698. The van der Waals surface area contributed by atoms with Crippen molar-refractivity contribution in [3.63, 3.8) is 0 Å². The number of benzene rings is 1. The summed E-state index contributed by atoms with van der Waals surface area (Å²) in [5.41, 5.74) is 1.10. The maximum atomic E-state index is 12.4.